The van der Waals surface area contributed by atoms with Gasteiger partial charge in [-0.25, -0.2) is 0 Å². The molecule has 0 amide bonds. The molecule has 0 aromatic carbocycles. The van der Waals surface area contributed by atoms with Crippen molar-refractivity contribution in [2.45, 2.75) is 137 Å². The highest BCUT2D eigenvalue weighted by Crippen LogP contribution is 2.09. The van der Waals surface area contributed by atoms with Gasteiger partial charge in [-0.05, 0) is 40.0 Å². The van der Waals surface area contributed by atoms with Crippen LogP contribution in [0.4, 0.5) is 0 Å². The van der Waals surface area contributed by atoms with Gasteiger partial charge in [0.1, 0.15) is 18.9 Å². The lowest BCUT2D eigenvalue weighted by Gasteiger charge is -2.24. The number of ether oxygens (including phenoxy) is 6. The standard InChI is InChI=1S/3C10H21O3.Al/c3*1-3-4-5-6-7-12-8-9-13-10(2)11;/h3*10H,3-9H2,1-2H3;/q3*-1;+3. The van der Waals surface area contributed by atoms with Gasteiger partial charge in [-0.2, -0.15) is 0 Å². The predicted molar refractivity (Wildman–Crippen MR) is 160 cm³/mol. The van der Waals surface area contributed by atoms with Crippen LogP contribution in [-0.4, -0.2) is 93.5 Å². The number of unbranched alkanes of at least 4 members (excludes halogenated alkanes) is 9. The third kappa shape index (κ3) is 29.7. The van der Waals surface area contributed by atoms with Crippen LogP contribution in [0.3, 0.4) is 0 Å². The van der Waals surface area contributed by atoms with Crippen molar-refractivity contribution in [1.29, 1.82) is 0 Å². The molecule has 0 rings (SSSR count). The van der Waals surface area contributed by atoms with Crippen molar-refractivity contribution in [1.82, 2.24) is 0 Å². The van der Waals surface area contributed by atoms with E-state index in [0.29, 0.717) is 39.6 Å². The van der Waals surface area contributed by atoms with E-state index >= 15 is 0 Å². The first-order chi connectivity index (χ1) is 19.5. The molecule has 0 radical (unpaired) electrons. The molecule has 240 valence electrons. The fourth-order valence-corrected chi connectivity index (χ4v) is 5.07. The maximum absolute atomic E-state index is 6.01. The second kappa shape index (κ2) is 32.1. The molecule has 0 aromatic rings. The van der Waals surface area contributed by atoms with Crippen LogP contribution in [0.15, 0.2) is 0 Å². The van der Waals surface area contributed by atoms with Crippen LogP contribution in [0, 0.1) is 0 Å². The SMILES string of the molecule is CCCCCCOCCOC(C)[O][Al]([O]C(C)OCCOCCCCCC)[O]C(C)OCCOCCCCCC. The molecule has 0 saturated carbocycles. The van der Waals surface area contributed by atoms with Crippen molar-refractivity contribution in [2.24, 2.45) is 0 Å². The summed E-state index contributed by atoms with van der Waals surface area (Å²) >= 11 is -2.64. The van der Waals surface area contributed by atoms with E-state index in [0.717, 1.165) is 39.1 Å². The molecule has 0 aliphatic rings. The molecule has 3 atom stereocenters. The summed E-state index contributed by atoms with van der Waals surface area (Å²) < 4.78 is 52.3. The molecule has 0 fully saturated rings. The van der Waals surface area contributed by atoms with Gasteiger partial charge in [0.15, 0.2) is 0 Å². The second-order valence-corrected chi connectivity index (χ2v) is 11.4. The lowest BCUT2D eigenvalue weighted by molar-refractivity contribution is -0.171. The van der Waals surface area contributed by atoms with Crippen molar-refractivity contribution in [2.75, 3.05) is 59.5 Å². The van der Waals surface area contributed by atoms with Crippen molar-refractivity contribution >= 4 is 15.1 Å². The summed E-state index contributed by atoms with van der Waals surface area (Å²) in [5.41, 5.74) is 0. The third-order valence-corrected chi connectivity index (χ3v) is 7.89. The Morgan fingerprint density at radius 2 is 0.675 bits per heavy atom. The van der Waals surface area contributed by atoms with Crippen LogP contribution in [0.25, 0.3) is 0 Å². The maximum atomic E-state index is 6.01. The second-order valence-electron chi connectivity index (χ2n) is 10.0. The fourth-order valence-electron chi connectivity index (χ4n) is 3.70. The van der Waals surface area contributed by atoms with Gasteiger partial charge in [0, 0.05) is 19.8 Å². The molecule has 0 aromatic heterocycles. The molecule has 40 heavy (non-hydrogen) atoms. The minimum atomic E-state index is -2.64. The summed E-state index contributed by atoms with van der Waals surface area (Å²) in [4.78, 5) is 0. The largest absolute Gasteiger partial charge is 0.911 e. The monoisotopic (exact) mass is 594 g/mol. The fraction of sp³-hybridized carbons (Fsp3) is 1.00. The summed E-state index contributed by atoms with van der Waals surface area (Å²) in [6.45, 7) is 17.3. The Morgan fingerprint density at radius 3 is 0.950 bits per heavy atom. The van der Waals surface area contributed by atoms with E-state index in [9.17, 15) is 0 Å². The Balaban J connectivity index is 4.36. The molecular formula is C30H63AlO9. The van der Waals surface area contributed by atoms with E-state index in [2.05, 4.69) is 20.8 Å². The van der Waals surface area contributed by atoms with Gasteiger partial charge in [-0.3, -0.25) is 0 Å². The molecule has 0 saturated heterocycles. The van der Waals surface area contributed by atoms with Gasteiger partial charge < -0.3 is 39.8 Å². The molecule has 0 heterocycles. The van der Waals surface area contributed by atoms with Crippen LogP contribution in [0.2, 0.25) is 0 Å². The zero-order valence-electron chi connectivity index (χ0n) is 26.8. The van der Waals surface area contributed by atoms with Gasteiger partial charge in [-0.15, -0.1) is 0 Å². The van der Waals surface area contributed by atoms with E-state index in [1.165, 1.54) is 57.8 Å². The smallest absolute Gasteiger partial charge is 0.431 e. The van der Waals surface area contributed by atoms with Crippen LogP contribution in [0.5, 0.6) is 0 Å². The molecule has 0 aliphatic heterocycles. The Labute approximate surface area is 251 Å². The number of hydrogen-bond donors (Lipinski definition) is 0. The van der Waals surface area contributed by atoms with Crippen LogP contribution in [-0.2, 0) is 39.8 Å². The lowest BCUT2D eigenvalue weighted by Crippen LogP contribution is -2.39. The van der Waals surface area contributed by atoms with E-state index < -0.39 is 34.0 Å². The molecular weight excluding hydrogens is 531 g/mol. The minimum absolute atomic E-state index is 0.444. The zero-order valence-corrected chi connectivity index (χ0v) is 28.0. The van der Waals surface area contributed by atoms with E-state index in [1.807, 2.05) is 20.8 Å². The van der Waals surface area contributed by atoms with Crippen molar-refractivity contribution in [3.8, 4) is 0 Å². The first kappa shape index (κ1) is 40.2. The summed E-state index contributed by atoms with van der Waals surface area (Å²) in [6.07, 6.45) is 12.8. The summed E-state index contributed by atoms with van der Waals surface area (Å²) in [5, 5.41) is 0. The average Bonchev–Trinajstić information content (AvgIpc) is 2.93. The van der Waals surface area contributed by atoms with Crippen LogP contribution in [0.1, 0.15) is 119 Å². The first-order valence-corrected chi connectivity index (χ1v) is 17.5. The molecule has 3 unspecified atom stereocenters. The Bertz CT molecular complexity index is 424. The molecule has 0 aliphatic carbocycles. The van der Waals surface area contributed by atoms with Gasteiger partial charge >= 0.3 is 15.1 Å². The highest BCUT2D eigenvalue weighted by molar-refractivity contribution is 6.36. The molecule has 10 heteroatoms. The summed E-state index contributed by atoms with van der Waals surface area (Å²) in [5.74, 6) is 0. The first-order valence-electron chi connectivity index (χ1n) is 16.1. The average molecular weight is 595 g/mol. The lowest BCUT2D eigenvalue weighted by atomic mass is 10.2. The molecule has 0 spiro atoms. The Morgan fingerprint density at radius 1 is 0.375 bits per heavy atom. The highest BCUT2D eigenvalue weighted by Gasteiger charge is 2.38. The topological polar surface area (TPSA) is 83.1 Å². The normalized spacial score (nSPS) is 13.9. The van der Waals surface area contributed by atoms with Gasteiger partial charge in [0.05, 0.1) is 39.6 Å². The van der Waals surface area contributed by atoms with Crippen LogP contribution < -0.4 is 0 Å². The summed E-state index contributed by atoms with van der Waals surface area (Å²) in [7, 11) is 0. The van der Waals surface area contributed by atoms with Crippen molar-refractivity contribution < 1.29 is 39.8 Å². The van der Waals surface area contributed by atoms with Gasteiger partial charge in [-0.1, -0.05) is 78.6 Å². The zero-order chi connectivity index (χ0) is 29.5. The quantitative estimate of drug-likeness (QED) is 0.0458. The maximum Gasteiger partial charge on any atom is 0.911 e. The number of rotatable bonds is 33. The van der Waals surface area contributed by atoms with E-state index in [-0.39, 0.29) is 0 Å². The van der Waals surface area contributed by atoms with Crippen molar-refractivity contribution in [3.63, 3.8) is 0 Å². The van der Waals surface area contributed by atoms with Crippen molar-refractivity contribution in [3.05, 3.63) is 0 Å². The van der Waals surface area contributed by atoms with Crippen LogP contribution >= 0.6 is 0 Å². The van der Waals surface area contributed by atoms with Gasteiger partial charge in [0.2, 0.25) is 0 Å². The predicted octanol–water partition coefficient (Wildman–Crippen LogP) is 6.90. The number of hydrogen-bond acceptors (Lipinski definition) is 9. The minimum Gasteiger partial charge on any atom is -0.431 e. The van der Waals surface area contributed by atoms with E-state index in [4.69, 9.17) is 39.8 Å². The molecule has 0 bridgehead atoms. The Kier molecular flexibility index (Phi) is 32.2. The highest BCUT2D eigenvalue weighted by atomic mass is 27.3. The van der Waals surface area contributed by atoms with Gasteiger partial charge in [0.25, 0.3) is 0 Å². The molecule has 0 N–H and O–H groups in total. The third-order valence-electron chi connectivity index (χ3n) is 6.08. The Hall–Kier alpha value is 0.172. The molecule has 9 nitrogen and oxygen atoms in total. The van der Waals surface area contributed by atoms with E-state index in [1.54, 1.807) is 0 Å². The summed E-state index contributed by atoms with van der Waals surface area (Å²) in [6, 6.07) is 0.